The van der Waals surface area contributed by atoms with E-state index in [1.165, 1.54) is 6.26 Å². The van der Waals surface area contributed by atoms with Gasteiger partial charge in [0.2, 0.25) is 11.2 Å². The highest BCUT2D eigenvalue weighted by Gasteiger charge is 2.21. The molecule has 1 heterocycles. The summed E-state index contributed by atoms with van der Waals surface area (Å²) in [4.78, 5) is 25.3. The molecule has 33 heavy (non-hydrogen) atoms. The lowest BCUT2D eigenvalue weighted by atomic mass is 10.2. The van der Waals surface area contributed by atoms with E-state index in [4.69, 9.17) is 18.6 Å². The van der Waals surface area contributed by atoms with Crippen LogP contribution in [-0.2, 0) is 16.1 Å². The van der Waals surface area contributed by atoms with Crippen molar-refractivity contribution in [1.82, 2.24) is 0 Å². The highest BCUT2D eigenvalue weighted by molar-refractivity contribution is 5.79. The molecule has 0 saturated carbocycles. The fraction of sp³-hybridized carbons (Fsp3) is 0.185. The Hall–Kier alpha value is -4.06. The Balaban J connectivity index is 1.47. The zero-order valence-electron chi connectivity index (χ0n) is 18.4. The van der Waals surface area contributed by atoms with Crippen molar-refractivity contribution in [2.45, 2.75) is 33.0 Å². The molecular formula is C27H24O6. The smallest absolute Gasteiger partial charge is 0.347 e. The molecule has 1 unspecified atom stereocenters. The summed E-state index contributed by atoms with van der Waals surface area (Å²) in [7, 11) is 0. The minimum Gasteiger partial charge on any atom is -0.479 e. The average Bonchev–Trinajstić information content (AvgIpc) is 2.83. The van der Waals surface area contributed by atoms with Gasteiger partial charge in [-0.15, -0.1) is 0 Å². The second kappa shape index (κ2) is 10.0. The van der Waals surface area contributed by atoms with Crippen molar-refractivity contribution in [2.75, 3.05) is 0 Å². The van der Waals surface area contributed by atoms with Gasteiger partial charge < -0.3 is 18.6 Å². The fourth-order valence-electron chi connectivity index (χ4n) is 3.32. The molecule has 168 valence electrons. The molecule has 0 saturated heterocycles. The number of ether oxygens (including phenoxy) is 3. The fourth-order valence-corrected chi connectivity index (χ4v) is 3.32. The van der Waals surface area contributed by atoms with E-state index >= 15 is 0 Å². The Kier molecular flexibility index (Phi) is 6.74. The van der Waals surface area contributed by atoms with Crippen LogP contribution in [0.25, 0.3) is 11.0 Å². The van der Waals surface area contributed by atoms with Crippen LogP contribution in [0.15, 0.2) is 88.3 Å². The number of carbonyl (C=O) groups excluding carboxylic acids is 1. The topological polar surface area (TPSA) is 75.0 Å². The standard InChI is InChI=1S/C27H24O6/c1-3-23(27(29)31-16-19-9-5-4-6-10-19)32-21-12-13-22-24(15-21)30-17-25(26(22)28)33-20-11-7-8-18(2)14-20/h4-15,17,23H,3,16H2,1-2H3. The summed E-state index contributed by atoms with van der Waals surface area (Å²) in [6.07, 6.45) is 0.933. The molecule has 4 aromatic rings. The molecule has 4 rings (SSSR count). The largest absolute Gasteiger partial charge is 0.479 e. The van der Waals surface area contributed by atoms with Crippen LogP contribution >= 0.6 is 0 Å². The second-order valence-electron chi connectivity index (χ2n) is 7.61. The Labute approximate surface area is 191 Å². The first kappa shape index (κ1) is 22.1. The van der Waals surface area contributed by atoms with Crippen LogP contribution in [0.4, 0.5) is 0 Å². The van der Waals surface area contributed by atoms with Crippen molar-refractivity contribution < 1.29 is 23.4 Å². The van der Waals surface area contributed by atoms with E-state index < -0.39 is 12.1 Å². The third-order valence-corrected chi connectivity index (χ3v) is 5.07. The maximum absolute atomic E-state index is 12.8. The molecule has 6 heteroatoms. The van der Waals surface area contributed by atoms with Crippen LogP contribution in [-0.4, -0.2) is 12.1 Å². The molecule has 0 fully saturated rings. The number of hydrogen-bond donors (Lipinski definition) is 0. The lowest BCUT2D eigenvalue weighted by molar-refractivity contribution is -0.153. The van der Waals surface area contributed by atoms with Crippen LogP contribution in [0.2, 0.25) is 0 Å². The summed E-state index contributed by atoms with van der Waals surface area (Å²) in [6.45, 7) is 3.96. The first-order valence-corrected chi connectivity index (χ1v) is 10.7. The third-order valence-electron chi connectivity index (χ3n) is 5.07. The number of fused-ring (bicyclic) bond motifs is 1. The van der Waals surface area contributed by atoms with Gasteiger partial charge in [-0.3, -0.25) is 4.79 Å². The number of aryl methyl sites for hydroxylation is 1. The molecule has 6 nitrogen and oxygen atoms in total. The maximum Gasteiger partial charge on any atom is 0.347 e. The van der Waals surface area contributed by atoms with Gasteiger partial charge in [-0.05, 0) is 48.7 Å². The first-order valence-electron chi connectivity index (χ1n) is 10.7. The summed E-state index contributed by atoms with van der Waals surface area (Å²) in [5.41, 5.74) is 1.96. The highest BCUT2D eigenvalue weighted by atomic mass is 16.6. The molecule has 0 aliphatic carbocycles. The molecule has 0 aliphatic rings. The summed E-state index contributed by atoms with van der Waals surface area (Å²) in [6, 6.07) is 21.7. The van der Waals surface area contributed by atoms with Gasteiger partial charge in [0.25, 0.3) is 0 Å². The maximum atomic E-state index is 12.8. The van der Waals surface area contributed by atoms with E-state index in [-0.39, 0.29) is 17.8 Å². The molecule has 0 radical (unpaired) electrons. The van der Waals surface area contributed by atoms with Crippen molar-refractivity contribution in [3.8, 4) is 17.2 Å². The van der Waals surface area contributed by atoms with Crippen LogP contribution in [0.3, 0.4) is 0 Å². The minimum absolute atomic E-state index is 0.0951. The summed E-state index contributed by atoms with van der Waals surface area (Å²) < 4.78 is 22.6. The van der Waals surface area contributed by atoms with Crippen molar-refractivity contribution in [1.29, 1.82) is 0 Å². The predicted molar refractivity (Wildman–Crippen MR) is 125 cm³/mol. The highest BCUT2D eigenvalue weighted by Crippen LogP contribution is 2.25. The second-order valence-corrected chi connectivity index (χ2v) is 7.61. The van der Waals surface area contributed by atoms with E-state index in [0.29, 0.717) is 28.9 Å². The molecule has 3 aromatic carbocycles. The van der Waals surface area contributed by atoms with Crippen LogP contribution in [0.1, 0.15) is 24.5 Å². The van der Waals surface area contributed by atoms with E-state index in [0.717, 1.165) is 11.1 Å². The van der Waals surface area contributed by atoms with Crippen molar-refractivity contribution in [3.05, 3.63) is 100 Å². The van der Waals surface area contributed by atoms with Gasteiger partial charge in [0.15, 0.2) is 6.10 Å². The summed E-state index contributed by atoms with van der Waals surface area (Å²) in [5, 5.41) is 0.354. The average molecular weight is 444 g/mol. The summed E-state index contributed by atoms with van der Waals surface area (Å²) in [5.74, 6) is 0.602. The zero-order chi connectivity index (χ0) is 23.2. The van der Waals surface area contributed by atoms with Gasteiger partial charge in [0.05, 0.1) is 5.39 Å². The van der Waals surface area contributed by atoms with Crippen molar-refractivity contribution >= 4 is 16.9 Å². The van der Waals surface area contributed by atoms with E-state index in [2.05, 4.69) is 0 Å². The number of rotatable bonds is 8. The SMILES string of the molecule is CCC(Oc1ccc2c(=O)c(Oc3cccc(C)c3)coc2c1)C(=O)OCc1ccccc1. The van der Waals surface area contributed by atoms with E-state index in [1.54, 1.807) is 24.3 Å². The van der Waals surface area contributed by atoms with Crippen molar-refractivity contribution in [3.63, 3.8) is 0 Å². The molecule has 0 bridgehead atoms. The lowest BCUT2D eigenvalue weighted by Gasteiger charge is -2.17. The normalized spacial score (nSPS) is 11.7. The lowest BCUT2D eigenvalue weighted by Crippen LogP contribution is -2.28. The number of benzene rings is 3. The zero-order valence-corrected chi connectivity index (χ0v) is 18.4. The molecule has 0 amide bonds. The van der Waals surface area contributed by atoms with Gasteiger partial charge in [-0.2, -0.15) is 0 Å². The Morgan fingerprint density at radius 2 is 1.79 bits per heavy atom. The quantitative estimate of drug-likeness (QED) is 0.320. The van der Waals surface area contributed by atoms with Crippen LogP contribution < -0.4 is 14.9 Å². The van der Waals surface area contributed by atoms with Gasteiger partial charge in [0.1, 0.15) is 30.0 Å². The van der Waals surface area contributed by atoms with Gasteiger partial charge in [0, 0.05) is 6.07 Å². The monoisotopic (exact) mass is 444 g/mol. The predicted octanol–water partition coefficient (Wildman–Crippen LogP) is 5.79. The molecule has 1 aromatic heterocycles. The Morgan fingerprint density at radius 1 is 0.970 bits per heavy atom. The molecular weight excluding hydrogens is 420 g/mol. The van der Waals surface area contributed by atoms with Crippen LogP contribution in [0.5, 0.6) is 17.2 Å². The van der Waals surface area contributed by atoms with Gasteiger partial charge in [-0.25, -0.2) is 4.79 Å². The number of carbonyl (C=O) groups is 1. The van der Waals surface area contributed by atoms with E-state index in [1.807, 2.05) is 62.4 Å². The molecule has 0 N–H and O–H groups in total. The third kappa shape index (κ3) is 5.41. The Morgan fingerprint density at radius 3 is 2.55 bits per heavy atom. The van der Waals surface area contributed by atoms with E-state index in [9.17, 15) is 9.59 Å². The van der Waals surface area contributed by atoms with Gasteiger partial charge >= 0.3 is 5.97 Å². The van der Waals surface area contributed by atoms with Gasteiger partial charge in [-0.1, -0.05) is 49.4 Å². The molecule has 0 aliphatic heterocycles. The first-order chi connectivity index (χ1) is 16.0. The van der Waals surface area contributed by atoms with Crippen LogP contribution in [0, 0.1) is 6.92 Å². The minimum atomic E-state index is -0.776. The number of hydrogen-bond acceptors (Lipinski definition) is 6. The summed E-state index contributed by atoms with van der Waals surface area (Å²) >= 11 is 0. The van der Waals surface area contributed by atoms with Crippen molar-refractivity contribution in [2.24, 2.45) is 0 Å². The Bertz CT molecular complexity index is 1310. The number of esters is 1. The molecule has 1 atom stereocenters. The molecule has 0 spiro atoms.